The van der Waals surface area contributed by atoms with Crippen LogP contribution in [0.5, 0.6) is 5.75 Å². The van der Waals surface area contributed by atoms with Gasteiger partial charge in [0, 0.05) is 25.5 Å². The number of pyridine rings is 1. The van der Waals surface area contributed by atoms with E-state index in [0.717, 1.165) is 36.3 Å². The number of benzene rings is 1. The zero-order valence-corrected chi connectivity index (χ0v) is 13.2. The lowest BCUT2D eigenvalue weighted by Crippen LogP contribution is -2.39. The van der Waals surface area contributed by atoms with E-state index in [-0.39, 0.29) is 12.1 Å². The number of ether oxygens (including phenoxy) is 1. The number of carbonyl (C=O) groups excluding carboxylic acids is 1. The predicted octanol–water partition coefficient (Wildman–Crippen LogP) is 3.14. The predicted molar refractivity (Wildman–Crippen MR) is 88.1 cm³/mol. The molecule has 1 aliphatic heterocycles. The number of methoxy groups -OCH3 is 1. The van der Waals surface area contributed by atoms with E-state index in [1.54, 1.807) is 19.5 Å². The van der Waals surface area contributed by atoms with Gasteiger partial charge in [-0.1, -0.05) is 18.2 Å². The standard InChI is InChI=1S/C18H21N3O2/c1-23-16-8-6-15(7-9-16)17-5-3-11-21(17)18(22)20-13-14-4-2-10-19-12-14/h2,4,6-10,12,17H,3,5,11,13H2,1H3,(H,20,22). The van der Waals surface area contributed by atoms with Gasteiger partial charge in [0.15, 0.2) is 0 Å². The number of urea groups is 1. The number of hydrogen-bond donors (Lipinski definition) is 1. The zero-order chi connectivity index (χ0) is 16.1. The van der Waals surface area contributed by atoms with Crippen molar-refractivity contribution in [3.63, 3.8) is 0 Å². The zero-order valence-electron chi connectivity index (χ0n) is 13.2. The van der Waals surface area contributed by atoms with Crippen molar-refractivity contribution in [1.82, 2.24) is 15.2 Å². The molecule has 0 bridgehead atoms. The van der Waals surface area contributed by atoms with Gasteiger partial charge in [-0.2, -0.15) is 0 Å². The van der Waals surface area contributed by atoms with Crippen LogP contribution in [0, 0.1) is 0 Å². The Hall–Kier alpha value is -2.56. The maximum atomic E-state index is 12.5. The Morgan fingerprint density at radius 2 is 2.17 bits per heavy atom. The maximum absolute atomic E-state index is 12.5. The van der Waals surface area contributed by atoms with Crippen LogP contribution >= 0.6 is 0 Å². The van der Waals surface area contributed by atoms with Gasteiger partial charge in [-0.05, 0) is 42.2 Å². The first kappa shape index (κ1) is 15.3. The number of rotatable bonds is 4. The molecule has 2 amide bonds. The van der Waals surface area contributed by atoms with Gasteiger partial charge in [0.1, 0.15) is 5.75 Å². The minimum absolute atomic E-state index is 0.0211. The molecule has 1 aromatic carbocycles. The van der Waals surface area contributed by atoms with Crippen LogP contribution in [0.2, 0.25) is 0 Å². The molecule has 5 nitrogen and oxygen atoms in total. The molecule has 1 atom stereocenters. The molecule has 23 heavy (non-hydrogen) atoms. The first-order valence-electron chi connectivity index (χ1n) is 7.85. The molecule has 1 saturated heterocycles. The molecule has 120 valence electrons. The van der Waals surface area contributed by atoms with E-state index in [1.807, 2.05) is 41.3 Å². The fourth-order valence-electron chi connectivity index (χ4n) is 2.96. The highest BCUT2D eigenvalue weighted by molar-refractivity contribution is 5.75. The second kappa shape index (κ2) is 7.13. The monoisotopic (exact) mass is 311 g/mol. The van der Waals surface area contributed by atoms with Gasteiger partial charge >= 0.3 is 6.03 Å². The molecule has 0 radical (unpaired) electrons. The van der Waals surface area contributed by atoms with Crippen molar-refractivity contribution in [2.45, 2.75) is 25.4 Å². The van der Waals surface area contributed by atoms with Crippen LogP contribution in [0.15, 0.2) is 48.8 Å². The maximum Gasteiger partial charge on any atom is 0.318 e. The Bertz CT molecular complexity index is 643. The molecule has 1 aromatic heterocycles. The molecule has 0 aliphatic carbocycles. The van der Waals surface area contributed by atoms with E-state index in [0.29, 0.717) is 6.54 Å². The largest absolute Gasteiger partial charge is 0.497 e. The third kappa shape index (κ3) is 3.62. The molecule has 1 unspecified atom stereocenters. The summed E-state index contributed by atoms with van der Waals surface area (Å²) in [4.78, 5) is 18.5. The Morgan fingerprint density at radius 3 is 2.87 bits per heavy atom. The van der Waals surface area contributed by atoms with E-state index >= 15 is 0 Å². The molecule has 2 heterocycles. The van der Waals surface area contributed by atoms with Gasteiger partial charge in [0.25, 0.3) is 0 Å². The lowest BCUT2D eigenvalue weighted by molar-refractivity contribution is 0.192. The third-order valence-corrected chi connectivity index (χ3v) is 4.18. The molecule has 0 spiro atoms. The second-order valence-corrected chi connectivity index (χ2v) is 5.64. The number of carbonyl (C=O) groups is 1. The molecular weight excluding hydrogens is 290 g/mol. The van der Waals surface area contributed by atoms with Gasteiger partial charge in [0.05, 0.1) is 13.2 Å². The molecule has 1 fully saturated rings. The molecule has 2 aromatic rings. The Morgan fingerprint density at radius 1 is 1.35 bits per heavy atom. The van der Waals surface area contributed by atoms with Gasteiger partial charge in [-0.25, -0.2) is 4.79 Å². The molecule has 1 N–H and O–H groups in total. The van der Waals surface area contributed by atoms with Crippen LogP contribution < -0.4 is 10.1 Å². The first-order chi connectivity index (χ1) is 11.3. The number of nitrogens with one attached hydrogen (secondary N) is 1. The summed E-state index contributed by atoms with van der Waals surface area (Å²) in [7, 11) is 1.66. The molecule has 1 aliphatic rings. The third-order valence-electron chi connectivity index (χ3n) is 4.18. The fraction of sp³-hybridized carbons (Fsp3) is 0.333. The summed E-state index contributed by atoms with van der Waals surface area (Å²) < 4.78 is 5.19. The Labute approximate surface area is 136 Å². The van der Waals surface area contributed by atoms with Crippen LogP contribution in [0.4, 0.5) is 4.79 Å². The van der Waals surface area contributed by atoms with Gasteiger partial charge < -0.3 is 15.0 Å². The van der Waals surface area contributed by atoms with E-state index in [9.17, 15) is 4.79 Å². The van der Waals surface area contributed by atoms with Crippen LogP contribution in [-0.2, 0) is 6.54 Å². The highest BCUT2D eigenvalue weighted by Gasteiger charge is 2.29. The van der Waals surface area contributed by atoms with E-state index in [1.165, 1.54) is 0 Å². The molecular formula is C18H21N3O2. The topological polar surface area (TPSA) is 54.5 Å². The minimum atomic E-state index is -0.0211. The summed E-state index contributed by atoms with van der Waals surface area (Å²) in [5.41, 5.74) is 2.15. The average molecular weight is 311 g/mol. The lowest BCUT2D eigenvalue weighted by Gasteiger charge is -2.25. The lowest BCUT2D eigenvalue weighted by atomic mass is 10.0. The van der Waals surface area contributed by atoms with E-state index in [2.05, 4.69) is 10.3 Å². The second-order valence-electron chi connectivity index (χ2n) is 5.64. The Balaban J connectivity index is 1.64. The summed E-state index contributed by atoms with van der Waals surface area (Å²) in [6.45, 7) is 1.29. The van der Waals surface area contributed by atoms with Crippen LogP contribution in [0.25, 0.3) is 0 Å². The molecule has 0 saturated carbocycles. The van der Waals surface area contributed by atoms with Gasteiger partial charge in [-0.15, -0.1) is 0 Å². The number of likely N-dealkylation sites (tertiary alicyclic amines) is 1. The van der Waals surface area contributed by atoms with Crippen LogP contribution in [0.3, 0.4) is 0 Å². The number of hydrogen-bond acceptors (Lipinski definition) is 3. The highest BCUT2D eigenvalue weighted by atomic mass is 16.5. The quantitative estimate of drug-likeness (QED) is 0.944. The minimum Gasteiger partial charge on any atom is -0.497 e. The first-order valence-corrected chi connectivity index (χ1v) is 7.85. The number of aromatic nitrogens is 1. The summed E-state index contributed by atoms with van der Waals surface area (Å²) in [6.07, 6.45) is 5.51. The van der Waals surface area contributed by atoms with Crippen molar-refractivity contribution < 1.29 is 9.53 Å². The summed E-state index contributed by atoms with van der Waals surface area (Å²) in [6, 6.07) is 11.9. The summed E-state index contributed by atoms with van der Waals surface area (Å²) in [5, 5.41) is 2.99. The number of nitrogens with zero attached hydrogens (tertiary/aromatic N) is 2. The van der Waals surface area contributed by atoms with Crippen LogP contribution in [-0.4, -0.2) is 29.6 Å². The SMILES string of the molecule is COc1ccc(C2CCCN2C(=O)NCc2cccnc2)cc1. The van der Waals surface area contributed by atoms with Crippen molar-refractivity contribution in [1.29, 1.82) is 0 Å². The van der Waals surface area contributed by atoms with Gasteiger partial charge in [0.2, 0.25) is 0 Å². The molecule has 3 rings (SSSR count). The van der Waals surface area contributed by atoms with Gasteiger partial charge in [-0.3, -0.25) is 4.98 Å². The van der Waals surface area contributed by atoms with E-state index < -0.39 is 0 Å². The fourth-order valence-corrected chi connectivity index (χ4v) is 2.96. The Kier molecular flexibility index (Phi) is 4.76. The average Bonchev–Trinajstić information content (AvgIpc) is 3.10. The highest BCUT2D eigenvalue weighted by Crippen LogP contribution is 2.32. The summed E-state index contributed by atoms with van der Waals surface area (Å²) in [5.74, 6) is 0.833. The number of amides is 2. The van der Waals surface area contributed by atoms with Crippen molar-refractivity contribution in [2.75, 3.05) is 13.7 Å². The van der Waals surface area contributed by atoms with Crippen molar-refractivity contribution in [3.8, 4) is 5.75 Å². The van der Waals surface area contributed by atoms with Crippen molar-refractivity contribution >= 4 is 6.03 Å². The van der Waals surface area contributed by atoms with E-state index in [4.69, 9.17) is 4.74 Å². The van der Waals surface area contributed by atoms with Crippen LogP contribution in [0.1, 0.15) is 30.0 Å². The van der Waals surface area contributed by atoms with Crippen molar-refractivity contribution in [3.05, 3.63) is 59.9 Å². The molecule has 5 heteroatoms. The normalized spacial score (nSPS) is 17.1. The van der Waals surface area contributed by atoms with Crippen molar-refractivity contribution in [2.24, 2.45) is 0 Å². The smallest absolute Gasteiger partial charge is 0.318 e. The summed E-state index contributed by atoms with van der Waals surface area (Å²) >= 11 is 0.